The number of ether oxygens (including phenoxy) is 1. The molecule has 0 amide bonds. The van der Waals surface area contributed by atoms with Crippen LogP contribution in [0.25, 0.3) is 0 Å². The molecule has 1 aliphatic carbocycles. The Morgan fingerprint density at radius 1 is 1.30 bits per heavy atom. The SMILES string of the molecule is CCO[C@H]1CN(Cc2ccc(C3CCCC3)s2)C[C@@H]1O. The number of likely N-dealkylation sites (tertiary alicyclic amines) is 1. The van der Waals surface area contributed by atoms with Gasteiger partial charge in [0.25, 0.3) is 0 Å². The van der Waals surface area contributed by atoms with Gasteiger partial charge >= 0.3 is 0 Å². The van der Waals surface area contributed by atoms with Crippen molar-refractivity contribution in [2.24, 2.45) is 0 Å². The van der Waals surface area contributed by atoms with Crippen LogP contribution in [0.4, 0.5) is 0 Å². The van der Waals surface area contributed by atoms with E-state index in [1.165, 1.54) is 30.6 Å². The van der Waals surface area contributed by atoms with E-state index in [0.717, 1.165) is 25.6 Å². The molecule has 1 saturated carbocycles. The molecular formula is C16H25NO2S. The predicted octanol–water partition coefficient (Wildman–Crippen LogP) is 2.99. The van der Waals surface area contributed by atoms with E-state index in [-0.39, 0.29) is 12.2 Å². The summed E-state index contributed by atoms with van der Waals surface area (Å²) in [5.41, 5.74) is 0. The topological polar surface area (TPSA) is 32.7 Å². The third-order valence-electron chi connectivity index (χ3n) is 4.51. The fourth-order valence-electron chi connectivity index (χ4n) is 3.47. The summed E-state index contributed by atoms with van der Waals surface area (Å²) in [4.78, 5) is 5.31. The summed E-state index contributed by atoms with van der Waals surface area (Å²) >= 11 is 1.97. The molecule has 0 bridgehead atoms. The predicted molar refractivity (Wildman–Crippen MR) is 82.2 cm³/mol. The van der Waals surface area contributed by atoms with E-state index in [1.807, 2.05) is 18.3 Å². The maximum absolute atomic E-state index is 9.98. The second-order valence-electron chi connectivity index (χ2n) is 6.04. The molecule has 1 aromatic rings. The molecule has 2 fully saturated rings. The van der Waals surface area contributed by atoms with Gasteiger partial charge in [-0.1, -0.05) is 12.8 Å². The van der Waals surface area contributed by atoms with E-state index in [2.05, 4.69) is 17.0 Å². The van der Waals surface area contributed by atoms with Crippen molar-refractivity contribution < 1.29 is 9.84 Å². The summed E-state index contributed by atoms with van der Waals surface area (Å²) in [5, 5.41) is 9.98. The number of thiophene rings is 1. The molecule has 0 unspecified atom stereocenters. The summed E-state index contributed by atoms with van der Waals surface area (Å²) in [5.74, 6) is 0.814. The molecule has 1 N–H and O–H groups in total. The van der Waals surface area contributed by atoms with Gasteiger partial charge < -0.3 is 9.84 Å². The molecule has 2 aliphatic rings. The van der Waals surface area contributed by atoms with Crippen molar-refractivity contribution in [3.63, 3.8) is 0 Å². The van der Waals surface area contributed by atoms with E-state index in [0.29, 0.717) is 6.61 Å². The molecule has 4 heteroatoms. The van der Waals surface area contributed by atoms with Crippen LogP contribution < -0.4 is 0 Å². The van der Waals surface area contributed by atoms with Gasteiger partial charge in [-0.2, -0.15) is 0 Å². The number of hydrogen-bond donors (Lipinski definition) is 1. The molecule has 3 nitrogen and oxygen atoms in total. The zero-order chi connectivity index (χ0) is 13.9. The Hall–Kier alpha value is -0.420. The van der Waals surface area contributed by atoms with Crippen LogP contribution in [-0.4, -0.2) is 41.9 Å². The number of aliphatic hydroxyl groups is 1. The summed E-state index contributed by atoms with van der Waals surface area (Å²) in [7, 11) is 0. The van der Waals surface area contributed by atoms with Gasteiger partial charge in [-0.3, -0.25) is 4.90 Å². The highest BCUT2D eigenvalue weighted by Gasteiger charge is 2.31. The average Bonchev–Trinajstić information content (AvgIpc) is 3.12. The molecule has 1 aromatic heterocycles. The van der Waals surface area contributed by atoms with Gasteiger partial charge in [-0.25, -0.2) is 0 Å². The van der Waals surface area contributed by atoms with Crippen molar-refractivity contribution in [2.75, 3.05) is 19.7 Å². The smallest absolute Gasteiger partial charge is 0.0972 e. The second-order valence-corrected chi connectivity index (χ2v) is 7.24. The minimum absolute atomic E-state index is 0.00531. The Kier molecular flexibility index (Phi) is 4.76. The first-order valence-electron chi connectivity index (χ1n) is 7.87. The number of nitrogens with zero attached hydrogens (tertiary/aromatic N) is 1. The van der Waals surface area contributed by atoms with Crippen molar-refractivity contribution >= 4 is 11.3 Å². The van der Waals surface area contributed by atoms with Gasteiger partial charge in [0.15, 0.2) is 0 Å². The molecule has 3 rings (SSSR count). The number of aliphatic hydroxyl groups excluding tert-OH is 1. The van der Waals surface area contributed by atoms with Crippen molar-refractivity contribution in [3.8, 4) is 0 Å². The minimum atomic E-state index is -0.329. The Balaban J connectivity index is 1.56. The maximum Gasteiger partial charge on any atom is 0.0972 e. The van der Waals surface area contributed by atoms with E-state index in [1.54, 1.807) is 4.88 Å². The number of rotatable bonds is 5. The summed E-state index contributed by atoms with van der Waals surface area (Å²) < 4.78 is 5.58. The van der Waals surface area contributed by atoms with Crippen LogP contribution >= 0.6 is 11.3 Å². The maximum atomic E-state index is 9.98. The number of β-amino-alcohol motifs (C(OH)–C–C–N with tert-alkyl or cyclic N) is 1. The first-order chi connectivity index (χ1) is 9.76. The first kappa shape index (κ1) is 14.5. The average molecular weight is 295 g/mol. The fourth-order valence-corrected chi connectivity index (χ4v) is 4.69. The monoisotopic (exact) mass is 295 g/mol. The van der Waals surface area contributed by atoms with E-state index >= 15 is 0 Å². The van der Waals surface area contributed by atoms with E-state index in [4.69, 9.17) is 4.74 Å². The largest absolute Gasteiger partial charge is 0.389 e. The molecular weight excluding hydrogens is 270 g/mol. The molecule has 0 spiro atoms. The van der Waals surface area contributed by atoms with Crippen LogP contribution in [0.5, 0.6) is 0 Å². The van der Waals surface area contributed by atoms with Gasteiger partial charge in [0, 0.05) is 36.0 Å². The van der Waals surface area contributed by atoms with Crippen LogP contribution in [-0.2, 0) is 11.3 Å². The van der Waals surface area contributed by atoms with Gasteiger partial charge in [-0.05, 0) is 37.8 Å². The normalized spacial score (nSPS) is 28.5. The van der Waals surface area contributed by atoms with Gasteiger partial charge in [0.1, 0.15) is 0 Å². The lowest BCUT2D eigenvalue weighted by Crippen LogP contribution is -2.26. The van der Waals surface area contributed by atoms with E-state index in [9.17, 15) is 5.11 Å². The van der Waals surface area contributed by atoms with Crippen molar-refractivity contribution in [1.29, 1.82) is 0 Å². The molecule has 112 valence electrons. The molecule has 0 aromatic carbocycles. The Labute approximate surface area is 125 Å². The first-order valence-corrected chi connectivity index (χ1v) is 8.68. The van der Waals surface area contributed by atoms with Crippen LogP contribution in [0.15, 0.2) is 12.1 Å². The standard InChI is InChI=1S/C16H25NO2S/c1-2-19-15-11-17(10-14(15)18)9-13-7-8-16(20-13)12-5-3-4-6-12/h7-8,12,14-15,18H,2-6,9-11H2,1H3/t14-,15-/m0/s1. The Morgan fingerprint density at radius 2 is 2.10 bits per heavy atom. The Morgan fingerprint density at radius 3 is 2.85 bits per heavy atom. The van der Waals surface area contributed by atoms with Gasteiger partial charge in [0.2, 0.25) is 0 Å². The quantitative estimate of drug-likeness (QED) is 0.906. The van der Waals surface area contributed by atoms with Crippen LogP contribution in [0.2, 0.25) is 0 Å². The third kappa shape index (κ3) is 3.25. The Bertz CT molecular complexity index is 428. The third-order valence-corrected chi connectivity index (χ3v) is 5.75. The lowest BCUT2D eigenvalue weighted by atomic mass is 10.1. The minimum Gasteiger partial charge on any atom is -0.389 e. The fraction of sp³-hybridized carbons (Fsp3) is 0.750. The van der Waals surface area contributed by atoms with Crippen molar-refractivity contribution in [1.82, 2.24) is 4.90 Å². The van der Waals surface area contributed by atoms with Crippen molar-refractivity contribution in [3.05, 3.63) is 21.9 Å². The number of hydrogen-bond acceptors (Lipinski definition) is 4. The van der Waals surface area contributed by atoms with Crippen LogP contribution in [0.3, 0.4) is 0 Å². The molecule has 2 atom stereocenters. The van der Waals surface area contributed by atoms with Crippen molar-refractivity contribution in [2.45, 2.75) is 57.3 Å². The molecule has 1 saturated heterocycles. The van der Waals surface area contributed by atoms with E-state index < -0.39 is 0 Å². The zero-order valence-corrected chi connectivity index (χ0v) is 13.1. The lowest BCUT2D eigenvalue weighted by Gasteiger charge is -2.14. The summed E-state index contributed by atoms with van der Waals surface area (Å²) in [6, 6.07) is 4.60. The second kappa shape index (κ2) is 6.56. The summed E-state index contributed by atoms with van der Waals surface area (Å²) in [6.45, 7) is 5.22. The van der Waals surface area contributed by atoms with Crippen LogP contribution in [0.1, 0.15) is 48.3 Å². The van der Waals surface area contributed by atoms with Gasteiger partial charge in [-0.15, -0.1) is 11.3 Å². The highest BCUT2D eigenvalue weighted by Crippen LogP contribution is 2.38. The molecule has 1 aliphatic heterocycles. The van der Waals surface area contributed by atoms with Crippen LogP contribution in [0, 0.1) is 0 Å². The van der Waals surface area contributed by atoms with Gasteiger partial charge in [0.05, 0.1) is 12.2 Å². The highest BCUT2D eigenvalue weighted by molar-refractivity contribution is 7.12. The highest BCUT2D eigenvalue weighted by atomic mass is 32.1. The molecule has 20 heavy (non-hydrogen) atoms. The lowest BCUT2D eigenvalue weighted by molar-refractivity contribution is -0.00244. The zero-order valence-electron chi connectivity index (χ0n) is 12.3. The molecule has 0 radical (unpaired) electrons. The molecule has 2 heterocycles. The summed E-state index contributed by atoms with van der Waals surface area (Å²) in [6.07, 6.45) is 5.20.